The van der Waals surface area contributed by atoms with Crippen LogP contribution in [0.4, 0.5) is 5.69 Å². The van der Waals surface area contributed by atoms with E-state index >= 15 is 0 Å². The van der Waals surface area contributed by atoms with E-state index in [1.807, 2.05) is 13.8 Å². The van der Waals surface area contributed by atoms with Crippen LogP contribution in [0.15, 0.2) is 24.4 Å². The fraction of sp³-hybridized carbons (Fsp3) is 0.474. The van der Waals surface area contributed by atoms with Gasteiger partial charge in [-0.05, 0) is 25.0 Å². The monoisotopic (exact) mass is 389 g/mol. The van der Waals surface area contributed by atoms with Crippen LogP contribution in [-0.2, 0) is 11.3 Å². The second-order valence-corrected chi connectivity index (χ2v) is 6.40. The summed E-state index contributed by atoms with van der Waals surface area (Å²) in [5.41, 5.74) is 0.674. The van der Waals surface area contributed by atoms with Gasteiger partial charge in [-0.3, -0.25) is 9.59 Å². The second-order valence-electron chi connectivity index (χ2n) is 6.40. The summed E-state index contributed by atoms with van der Waals surface area (Å²) in [6.07, 6.45) is 3.18. The quantitative estimate of drug-likeness (QED) is 0.669. The highest BCUT2D eigenvalue weighted by molar-refractivity contribution is 6.02. The minimum Gasteiger partial charge on any atom is -0.490 e. The Morgan fingerprint density at radius 3 is 2.43 bits per heavy atom. The van der Waals surface area contributed by atoms with Crippen LogP contribution >= 0.6 is 0 Å². The number of nitrogens with zero attached hydrogens (tertiary/aromatic N) is 4. The Morgan fingerprint density at radius 1 is 1.11 bits per heavy atom. The number of aromatic nitrogens is 3. The molecule has 9 nitrogen and oxygen atoms in total. The van der Waals surface area contributed by atoms with Gasteiger partial charge in [-0.1, -0.05) is 19.1 Å². The number of ether oxygens (including phenoxy) is 2. The van der Waals surface area contributed by atoms with Gasteiger partial charge >= 0.3 is 0 Å². The van der Waals surface area contributed by atoms with E-state index in [0.717, 1.165) is 12.8 Å². The summed E-state index contributed by atoms with van der Waals surface area (Å²) < 4.78 is 12.7. The lowest BCUT2D eigenvalue weighted by atomic mass is 10.2. The van der Waals surface area contributed by atoms with Crippen molar-refractivity contribution in [1.29, 1.82) is 0 Å². The largest absolute Gasteiger partial charge is 0.490 e. The Balaban J connectivity index is 2.08. The third-order valence-corrected chi connectivity index (χ3v) is 3.69. The van der Waals surface area contributed by atoms with Gasteiger partial charge in [0.15, 0.2) is 17.2 Å². The summed E-state index contributed by atoms with van der Waals surface area (Å²) in [7, 11) is 3.30. The van der Waals surface area contributed by atoms with Gasteiger partial charge in [0.25, 0.3) is 5.91 Å². The number of benzene rings is 1. The zero-order valence-corrected chi connectivity index (χ0v) is 16.8. The third-order valence-electron chi connectivity index (χ3n) is 3.69. The number of amides is 2. The van der Waals surface area contributed by atoms with Crippen molar-refractivity contribution in [2.24, 2.45) is 0 Å². The highest BCUT2D eigenvalue weighted by atomic mass is 16.5. The van der Waals surface area contributed by atoms with Crippen LogP contribution in [-0.4, -0.2) is 59.0 Å². The Morgan fingerprint density at radius 2 is 1.79 bits per heavy atom. The van der Waals surface area contributed by atoms with Gasteiger partial charge in [0, 0.05) is 25.8 Å². The van der Waals surface area contributed by atoms with Crippen molar-refractivity contribution in [3.8, 4) is 11.5 Å². The van der Waals surface area contributed by atoms with Gasteiger partial charge in [-0.25, -0.2) is 4.68 Å². The topological polar surface area (TPSA) is 98.6 Å². The smallest absolute Gasteiger partial charge is 0.277 e. The molecule has 0 saturated carbocycles. The molecule has 0 bridgehead atoms. The van der Waals surface area contributed by atoms with Crippen LogP contribution in [0, 0.1) is 0 Å². The zero-order chi connectivity index (χ0) is 20.5. The summed E-state index contributed by atoms with van der Waals surface area (Å²) in [5.74, 6) is 0.652. The molecule has 1 N–H and O–H groups in total. The molecule has 1 aromatic heterocycles. The van der Waals surface area contributed by atoms with Gasteiger partial charge < -0.3 is 19.7 Å². The molecule has 9 heteroatoms. The predicted octanol–water partition coefficient (Wildman–Crippen LogP) is 2.20. The van der Waals surface area contributed by atoms with Crippen LogP contribution in [0.2, 0.25) is 0 Å². The van der Waals surface area contributed by atoms with Crippen molar-refractivity contribution in [2.45, 2.75) is 33.2 Å². The molecule has 1 aromatic carbocycles. The second kappa shape index (κ2) is 10.3. The first-order valence-corrected chi connectivity index (χ1v) is 9.25. The molecule has 2 rings (SSSR count). The maximum absolute atomic E-state index is 12.4. The molecule has 2 aromatic rings. The number of rotatable bonds is 10. The normalized spacial score (nSPS) is 10.4. The number of carbonyl (C=O) groups excluding carboxylic acids is 2. The van der Waals surface area contributed by atoms with Crippen molar-refractivity contribution in [3.05, 3.63) is 30.1 Å². The Bertz CT molecular complexity index is 803. The number of likely N-dealkylation sites (N-methyl/N-ethyl adjacent to an activating group) is 1. The Hall–Kier alpha value is -3.10. The fourth-order valence-corrected chi connectivity index (χ4v) is 2.20. The van der Waals surface area contributed by atoms with E-state index in [1.165, 1.54) is 15.8 Å². The fourth-order valence-electron chi connectivity index (χ4n) is 2.20. The Kier molecular flexibility index (Phi) is 7.79. The molecule has 152 valence electrons. The van der Waals surface area contributed by atoms with Gasteiger partial charge in [0.2, 0.25) is 5.91 Å². The summed E-state index contributed by atoms with van der Waals surface area (Å²) in [6, 6.07) is 5.23. The average Bonchev–Trinajstić information content (AvgIpc) is 3.14. The van der Waals surface area contributed by atoms with Crippen LogP contribution in [0.5, 0.6) is 11.5 Å². The molecule has 28 heavy (non-hydrogen) atoms. The SMILES string of the molecule is CCCOc1ccc(NC(=O)c2cn(CC(=O)N(C)C)nn2)cc1OCCC. The maximum Gasteiger partial charge on any atom is 0.277 e. The predicted molar refractivity (Wildman–Crippen MR) is 105 cm³/mol. The van der Waals surface area contributed by atoms with Crippen molar-refractivity contribution >= 4 is 17.5 Å². The molecule has 0 spiro atoms. The van der Waals surface area contributed by atoms with Gasteiger partial charge in [0.1, 0.15) is 6.54 Å². The van der Waals surface area contributed by atoms with Crippen LogP contribution in [0.25, 0.3) is 0 Å². The average molecular weight is 389 g/mol. The molecular formula is C19H27N5O4. The first-order chi connectivity index (χ1) is 13.4. The first-order valence-electron chi connectivity index (χ1n) is 9.25. The number of nitrogens with one attached hydrogen (secondary N) is 1. The van der Waals surface area contributed by atoms with E-state index in [2.05, 4.69) is 15.6 Å². The molecule has 0 unspecified atom stereocenters. The molecule has 0 fully saturated rings. The summed E-state index contributed by atoms with van der Waals surface area (Å²) >= 11 is 0. The van der Waals surface area contributed by atoms with Crippen molar-refractivity contribution in [3.63, 3.8) is 0 Å². The lowest BCUT2D eigenvalue weighted by Gasteiger charge is -2.13. The van der Waals surface area contributed by atoms with Crippen molar-refractivity contribution in [1.82, 2.24) is 19.9 Å². The van der Waals surface area contributed by atoms with Gasteiger partial charge in [0.05, 0.1) is 19.4 Å². The minimum absolute atomic E-state index is 0.0196. The molecule has 0 aliphatic carbocycles. The van der Waals surface area contributed by atoms with Crippen LogP contribution in [0.1, 0.15) is 37.2 Å². The van der Waals surface area contributed by atoms with Crippen molar-refractivity contribution in [2.75, 3.05) is 32.6 Å². The number of hydrogen-bond donors (Lipinski definition) is 1. The maximum atomic E-state index is 12.4. The highest BCUT2D eigenvalue weighted by Gasteiger charge is 2.15. The summed E-state index contributed by atoms with van der Waals surface area (Å²) in [6.45, 7) is 5.20. The lowest BCUT2D eigenvalue weighted by Crippen LogP contribution is -2.26. The van der Waals surface area contributed by atoms with E-state index in [1.54, 1.807) is 32.3 Å². The zero-order valence-electron chi connectivity index (χ0n) is 16.8. The van der Waals surface area contributed by atoms with E-state index < -0.39 is 5.91 Å². The standard InChI is InChI=1S/C19H27N5O4/c1-5-9-27-16-8-7-14(11-17(16)28-10-6-2)20-19(26)15-12-24(22-21-15)13-18(25)23(3)4/h7-8,11-12H,5-6,9-10,13H2,1-4H3,(H,20,26). The number of anilines is 1. The molecule has 0 atom stereocenters. The summed E-state index contributed by atoms with van der Waals surface area (Å²) in [5, 5.41) is 10.4. The third kappa shape index (κ3) is 5.97. The van der Waals surface area contributed by atoms with E-state index in [0.29, 0.717) is 30.4 Å². The van der Waals surface area contributed by atoms with E-state index in [9.17, 15) is 9.59 Å². The first kappa shape index (κ1) is 21.2. The molecular weight excluding hydrogens is 362 g/mol. The minimum atomic E-state index is -0.424. The van der Waals surface area contributed by atoms with Crippen molar-refractivity contribution < 1.29 is 19.1 Å². The molecule has 0 radical (unpaired) electrons. The molecule has 2 amide bonds. The van der Waals surface area contributed by atoms with E-state index in [4.69, 9.17) is 9.47 Å². The number of hydrogen-bond acceptors (Lipinski definition) is 6. The molecule has 0 saturated heterocycles. The van der Waals surface area contributed by atoms with Gasteiger partial charge in [-0.15, -0.1) is 5.10 Å². The van der Waals surface area contributed by atoms with Gasteiger partial charge in [-0.2, -0.15) is 0 Å². The summed E-state index contributed by atoms with van der Waals surface area (Å²) in [4.78, 5) is 25.6. The highest BCUT2D eigenvalue weighted by Crippen LogP contribution is 2.31. The lowest BCUT2D eigenvalue weighted by molar-refractivity contribution is -0.129. The van der Waals surface area contributed by atoms with E-state index in [-0.39, 0.29) is 18.1 Å². The van der Waals surface area contributed by atoms with Crippen LogP contribution < -0.4 is 14.8 Å². The molecule has 1 heterocycles. The molecule has 0 aliphatic rings. The van der Waals surface area contributed by atoms with Crippen LogP contribution in [0.3, 0.4) is 0 Å². The molecule has 0 aliphatic heterocycles. The number of carbonyl (C=O) groups is 2. The Labute approximate surface area is 164 Å².